The van der Waals surface area contributed by atoms with Gasteiger partial charge >= 0.3 is 0 Å². The first kappa shape index (κ1) is 11.3. The topological polar surface area (TPSA) is 106 Å². The van der Waals surface area contributed by atoms with E-state index in [4.69, 9.17) is 11.5 Å². The molecule has 5 N–H and O–H groups in total. The van der Waals surface area contributed by atoms with Crippen molar-refractivity contribution in [1.82, 2.24) is 0 Å². The normalized spacial score (nSPS) is 13.1. The summed E-state index contributed by atoms with van der Waals surface area (Å²) in [7, 11) is 0. The van der Waals surface area contributed by atoms with Crippen LogP contribution in [0.15, 0.2) is 30.3 Å². The molecule has 0 bridgehead atoms. The molecule has 0 saturated heterocycles. The molecule has 2 aromatic carbocycles. The zero-order valence-corrected chi connectivity index (χ0v) is 9.81. The summed E-state index contributed by atoms with van der Waals surface area (Å²) in [4.78, 5) is 24.7. The van der Waals surface area contributed by atoms with Gasteiger partial charge in [-0.15, -0.1) is 0 Å². The van der Waals surface area contributed by atoms with Crippen molar-refractivity contribution in [3.05, 3.63) is 52.6 Å². The lowest BCUT2D eigenvalue weighted by molar-refractivity contribution is 0.0980. The van der Waals surface area contributed by atoms with E-state index in [1.165, 1.54) is 6.07 Å². The number of nitrogens with two attached hydrogens (primary N) is 2. The number of phenolic OH excluding ortho intramolecular Hbond substituents is 1. The second-order valence-electron chi connectivity index (χ2n) is 4.35. The number of rotatable bonds is 0. The number of hydrogen-bond donors (Lipinski definition) is 3. The van der Waals surface area contributed by atoms with Gasteiger partial charge in [-0.2, -0.15) is 0 Å². The number of aromatic hydroxyl groups is 1. The fraction of sp³-hybridized carbons (Fsp3) is 0. The Kier molecular flexibility index (Phi) is 2.13. The Bertz CT molecular complexity index is 751. The summed E-state index contributed by atoms with van der Waals surface area (Å²) in [5, 5.41) is 9.64. The maximum Gasteiger partial charge on any atom is 0.196 e. The van der Waals surface area contributed by atoms with Crippen molar-refractivity contribution in [2.75, 3.05) is 11.5 Å². The summed E-state index contributed by atoms with van der Waals surface area (Å²) >= 11 is 0. The van der Waals surface area contributed by atoms with Crippen molar-refractivity contribution < 1.29 is 14.7 Å². The lowest BCUT2D eigenvalue weighted by atomic mass is 9.82. The average Bonchev–Trinajstić information content (AvgIpc) is 2.40. The van der Waals surface area contributed by atoms with Crippen LogP contribution >= 0.6 is 0 Å². The van der Waals surface area contributed by atoms with Gasteiger partial charge in [0.05, 0.1) is 16.8 Å². The lowest BCUT2D eigenvalue weighted by Crippen LogP contribution is -2.23. The number of phenols is 1. The molecule has 2 aromatic rings. The van der Waals surface area contributed by atoms with Gasteiger partial charge in [-0.25, -0.2) is 0 Å². The standard InChI is InChI=1S/C14H10N2O3/c15-8-5-9(17)12(16)11-10(8)13(18)6-3-1-2-4-7(6)14(11)19/h1-5,17H,15-16H2. The highest BCUT2D eigenvalue weighted by molar-refractivity contribution is 6.32. The molecule has 0 radical (unpaired) electrons. The Hall–Kier alpha value is -2.82. The molecule has 0 atom stereocenters. The highest BCUT2D eigenvalue weighted by atomic mass is 16.3. The number of hydrogen-bond acceptors (Lipinski definition) is 5. The molecule has 1 aliphatic rings. The first-order chi connectivity index (χ1) is 9.02. The van der Waals surface area contributed by atoms with Crippen LogP contribution in [0.3, 0.4) is 0 Å². The molecule has 3 rings (SSSR count). The fourth-order valence-corrected chi connectivity index (χ4v) is 2.33. The van der Waals surface area contributed by atoms with E-state index in [1.54, 1.807) is 24.3 Å². The van der Waals surface area contributed by atoms with Gasteiger partial charge in [-0.05, 0) is 0 Å². The molecule has 0 amide bonds. The maximum absolute atomic E-state index is 12.4. The molecule has 0 heterocycles. The Morgan fingerprint density at radius 3 is 2.00 bits per heavy atom. The van der Waals surface area contributed by atoms with Crippen LogP contribution in [-0.4, -0.2) is 16.7 Å². The van der Waals surface area contributed by atoms with Crippen LogP contribution in [0.5, 0.6) is 5.75 Å². The zero-order chi connectivity index (χ0) is 13.7. The second-order valence-corrected chi connectivity index (χ2v) is 4.35. The number of ketones is 2. The third-order valence-corrected chi connectivity index (χ3v) is 3.25. The fourth-order valence-electron chi connectivity index (χ4n) is 2.33. The number of nitrogen functional groups attached to an aromatic ring is 2. The molecule has 94 valence electrons. The van der Waals surface area contributed by atoms with Gasteiger partial charge in [0.25, 0.3) is 0 Å². The Morgan fingerprint density at radius 1 is 0.895 bits per heavy atom. The van der Waals surface area contributed by atoms with Crippen molar-refractivity contribution in [2.24, 2.45) is 0 Å². The minimum Gasteiger partial charge on any atom is -0.506 e. The predicted molar refractivity (Wildman–Crippen MR) is 70.2 cm³/mol. The van der Waals surface area contributed by atoms with E-state index in [1.807, 2.05) is 0 Å². The van der Waals surface area contributed by atoms with Crippen LogP contribution in [0.2, 0.25) is 0 Å². The maximum atomic E-state index is 12.4. The van der Waals surface area contributed by atoms with Gasteiger partial charge < -0.3 is 16.6 Å². The summed E-state index contributed by atoms with van der Waals surface area (Å²) in [6.07, 6.45) is 0. The van der Waals surface area contributed by atoms with Crippen molar-refractivity contribution in [2.45, 2.75) is 0 Å². The van der Waals surface area contributed by atoms with Gasteiger partial charge in [-0.3, -0.25) is 9.59 Å². The van der Waals surface area contributed by atoms with Crippen LogP contribution in [0, 0.1) is 0 Å². The quantitative estimate of drug-likeness (QED) is 0.414. The van der Waals surface area contributed by atoms with Gasteiger partial charge in [0.2, 0.25) is 0 Å². The molecular formula is C14H10N2O3. The van der Waals surface area contributed by atoms with E-state index in [0.717, 1.165) is 0 Å². The Morgan fingerprint density at radius 2 is 1.42 bits per heavy atom. The smallest absolute Gasteiger partial charge is 0.196 e. The van der Waals surface area contributed by atoms with Crippen LogP contribution in [0.1, 0.15) is 31.8 Å². The number of benzene rings is 2. The third kappa shape index (κ3) is 1.35. The largest absolute Gasteiger partial charge is 0.506 e. The summed E-state index contributed by atoms with van der Waals surface area (Å²) in [6.45, 7) is 0. The molecule has 0 aromatic heterocycles. The van der Waals surface area contributed by atoms with E-state index >= 15 is 0 Å². The monoisotopic (exact) mass is 254 g/mol. The summed E-state index contributed by atoms with van der Waals surface area (Å²) in [6, 6.07) is 7.65. The number of carbonyl (C=O) groups excluding carboxylic acids is 2. The molecule has 0 aliphatic heterocycles. The van der Waals surface area contributed by atoms with E-state index in [2.05, 4.69) is 0 Å². The molecular weight excluding hydrogens is 244 g/mol. The van der Waals surface area contributed by atoms with Gasteiger partial charge in [-0.1, -0.05) is 24.3 Å². The number of anilines is 2. The summed E-state index contributed by atoms with van der Waals surface area (Å²) in [5.41, 5.74) is 12.0. The summed E-state index contributed by atoms with van der Waals surface area (Å²) < 4.78 is 0. The second kappa shape index (κ2) is 3.58. The van der Waals surface area contributed by atoms with E-state index < -0.39 is 5.78 Å². The zero-order valence-electron chi connectivity index (χ0n) is 9.81. The van der Waals surface area contributed by atoms with Crippen LogP contribution < -0.4 is 11.5 Å². The van der Waals surface area contributed by atoms with Crippen molar-refractivity contribution >= 4 is 22.9 Å². The van der Waals surface area contributed by atoms with Crippen LogP contribution in [0.25, 0.3) is 0 Å². The Labute approximate surface area is 108 Å². The van der Waals surface area contributed by atoms with Crippen molar-refractivity contribution in [1.29, 1.82) is 0 Å². The molecule has 1 aliphatic carbocycles. The first-order valence-electron chi connectivity index (χ1n) is 5.61. The van der Waals surface area contributed by atoms with Crippen LogP contribution in [0.4, 0.5) is 11.4 Å². The highest BCUT2D eigenvalue weighted by Gasteiger charge is 2.33. The average molecular weight is 254 g/mol. The molecule has 0 spiro atoms. The molecule has 5 nitrogen and oxygen atoms in total. The minimum absolute atomic E-state index is 0.0128. The molecule has 19 heavy (non-hydrogen) atoms. The molecule has 0 unspecified atom stereocenters. The van der Waals surface area contributed by atoms with E-state index in [0.29, 0.717) is 5.56 Å². The van der Waals surface area contributed by atoms with Gasteiger partial charge in [0.15, 0.2) is 11.6 Å². The summed E-state index contributed by atoms with van der Waals surface area (Å²) in [5.74, 6) is -1.04. The Balaban J connectivity index is 2.43. The number of carbonyl (C=O) groups is 2. The SMILES string of the molecule is Nc1cc(O)c(N)c2c1C(=O)c1ccccc1C2=O. The molecule has 0 fully saturated rings. The van der Waals surface area contributed by atoms with Crippen molar-refractivity contribution in [3.8, 4) is 5.75 Å². The first-order valence-corrected chi connectivity index (χ1v) is 5.61. The third-order valence-electron chi connectivity index (χ3n) is 3.25. The molecule has 5 heteroatoms. The highest BCUT2D eigenvalue weighted by Crippen LogP contribution is 2.38. The van der Waals surface area contributed by atoms with E-state index in [-0.39, 0.29) is 39.6 Å². The minimum atomic E-state index is -0.398. The van der Waals surface area contributed by atoms with Gasteiger partial charge in [0.1, 0.15) is 5.75 Å². The van der Waals surface area contributed by atoms with Crippen LogP contribution in [-0.2, 0) is 0 Å². The van der Waals surface area contributed by atoms with Gasteiger partial charge in [0, 0.05) is 22.9 Å². The molecule has 0 saturated carbocycles. The number of fused-ring (bicyclic) bond motifs is 2. The van der Waals surface area contributed by atoms with Crippen molar-refractivity contribution in [3.63, 3.8) is 0 Å². The van der Waals surface area contributed by atoms with E-state index in [9.17, 15) is 14.7 Å². The predicted octanol–water partition coefficient (Wildman–Crippen LogP) is 1.33. The lowest BCUT2D eigenvalue weighted by Gasteiger charge is -2.20.